The third-order valence-corrected chi connectivity index (χ3v) is 3.75. The van der Waals surface area contributed by atoms with Crippen molar-refractivity contribution in [3.8, 4) is 5.75 Å². The van der Waals surface area contributed by atoms with Crippen molar-refractivity contribution in [1.82, 2.24) is 5.32 Å². The van der Waals surface area contributed by atoms with E-state index in [2.05, 4.69) is 5.32 Å². The summed E-state index contributed by atoms with van der Waals surface area (Å²) in [6, 6.07) is 5.01. The summed E-state index contributed by atoms with van der Waals surface area (Å²) in [5.41, 5.74) is -0.565. The van der Waals surface area contributed by atoms with Gasteiger partial charge in [-0.25, -0.2) is 0 Å². The average molecular weight is 295 g/mol. The van der Waals surface area contributed by atoms with Gasteiger partial charge in [-0.1, -0.05) is 39.8 Å². The first-order valence-electron chi connectivity index (χ1n) is 7.07. The minimum Gasteiger partial charge on any atom is -0.507 e. The molecule has 0 saturated heterocycles. The molecule has 1 aromatic rings. The Balaban J connectivity index is 3.15. The summed E-state index contributed by atoms with van der Waals surface area (Å²) in [4.78, 5) is 12.3. The molecule has 0 bridgehead atoms. The maximum absolute atomic E-state index is 12.3. The van der Waals surface area contributed by atoms with E-state index in [1.54, 1.807) is 19.1 Å². The lowest BCUT2D eigenvalue weighted by molar-refractivity contribution is 0.0650. The van der Waals surface area contributed by atoms with Crippen LogP contribution in [0.2, 0.25) is 0 Å². The number of amides is 1. The number of aliphatic hydroxyl groups excluding tert-OH is 2. The van der Waals surface area contributed by atoms with Crippen LogP contribution in [0.25, 0.3) is 0 Å². The molecule has 0 fully saturated rings. The Morgan fingerprint density at radius 2 is 1.76 bits per heavy atom. The Morgan fingerprint density at radius 3 is 2.19 bits per heavy atom. The van der Waals surface area contributed by atoms with E-state index in [1.807, 2.05) is 20.8 Å². The van der Waals surface area contributed by atoms with Crippen molar-refractivity contribution in [2.45, 2.75) is 45.1 Å². The number of phenols is 1. The average Bonchev–Trinajstić information content (AvgIpc) is 2.43. The smallest absolute Gasteiger partial charge is 0.255 e. The van der Waals surface area contributed by atoms with Gasteiger partial charge in [-0.3, -0.25) is 4.79 Å². The van der Waals surface area contributed by atoms with Crippen molar-refractivity contribution in [1.29, 1.82) is 0 Å². The first-order chi connectivity index (χ1) is 9.70. The monoisotopic (exact) mass is 295 g/mol. The number of carbonyl (C=O) groups excluding carboxylic acids is 1. The molecular weight excluding hydrogens is 270 g/mol. The second-order valence-corrected chi connectivity index (χ2v) is 6.36. The van der Waals surface area contributed by atoms with Gasteiger partial charge in [0.15, 0.2) is 0 Å². The summed E-state index contributed by atoms with van der Waals surface area (Å²) in [6.07, 6.45) is 0.380. The number of para-hydroxylation sites is 1. The standard InChI is InChI=1S/C16H25NO4/c1-5-16(9-18,10-19)17-14(21)11-7-6-8-12(13(11)20)15(2,3)4/h6-8,18-20H,5,9-10H2,1-4H3,(H,17,21). The third-order valence-electron chi connectivity index (χ3n) is 3.75. The molecule has 0 unspecified atom stereocenters. The van der Waals surface area contributed by atoms with E-state index < -0.39 is 11.4 Å². The molecule has 1 rings (SSSR count). The van der Waals surface area contributed by atoms with Crippen LogP contribution in [0.3, 0.4) is 0 Å². The Kier molecular flexibility index (Phi) is 5.36. The Bertz CT molecular complexity index is 493. The molecule has 0 aromatic heterocycles. The number of nitrogens with one attached hydrogen (secondary N) is 1. The number of benzene rings is 1. The van der Waals surface area contributed by atoms with Crippen LogP contribution < -0.4 is 5.32 Å². The van der Waals surface area contributed by atoms with Crippen molar-refractivity contribution in [3.05, 3.63) is 29.3 Å². The molecule has 0 aliphatic heterocycles. The molecular formula is C16H25NO4. The van der Waals surface area contributed by atoms with Crippen LogP contribution in [-0.4, -0.2) is 40.0 Å². The third kappa shape index (κ3) is 3.74. The summed E-state index contributed by atoms with van der Waals surface area (Å²) in [5.74, 6) is -0.577. The lowest BCUT2D eigenvalue weighted by atomic mass is 9.85. The normalized spacial score (nSPS) is 12.3. The maximum atomic E-state index is 12.3. The predicted octanol–water partition coefficient (Wildman–Crippen LogP) is 1.55. The van der Waals surface area contributed by atoms with Gasteiger partial charge >= 0.3 is 0 Å². The maximum Gasteiger partial charge on any atom is 0.255 e. The zero-order valence-corrected chi connectivity index (χ0v) is 13.1. The zero-order chi connectivity index (χ0) is 16.3. The van der Waals surface area contributed by atoms with Gasteiger partial charge in [-0.2, -0.15) is 0 Å². The molecule has 0 spiro atoms. The van der Waals surface area contributed by atoms with Gasteiger partial charge in [0.2, 0.25) is 0 Å². The quantitative estimate of drug-likeness (QED) is 0.663. The van der Waals surface area contributed by atoms with Crippen molar-refractivity contribution < 1.29 is 20.1 Å². The highest BCUT2D eigenvalue weighted by Crippen LogP contribution is 2.33. The highest BCUT2D eigenvalue weighted by molar-refractivity contribution is 5.97. The first kappa shape index (κ1) is 17.5. The van der Waals surface area contributed by atoms with Crippen LogP contribution >= 0.6 is 0 Å². The van der Waals surface area contributed by atoms with Gasteiger partial charge in [0.25, 0.3) is 5.91 Å². The SMILES string of the molecule is CCC(CO)(CO)NC(=O)c1cccc(C(C)(C)C)c1O. The van der Waals surface area contributed by atoms with E-state index in [9.17, 15) is 20.1 Å². The summed E-state index contributed by atoms with van der Waals surface area (Å²) in [7, 11) is 0. The number of hydrogen-bond acceptors (Lipinski definition) is 4. The zero-order valence-electron chi connectivity index (χ0n) is 13.1. The Hall–Kier alpha value is -1.59. The highest BCUT2D eigenvalue weighted by atomic mass is 16.3. The van der Waals surface area contributed by atoms with Crippen molar-refractivity contribution >= 4 is 5.91 Å². The van der Waals surface area contributed by atoms with Crippen LogP contribution in [0.5, 0.6) is 5.75 Å². The van der Waals surface area contributed by atoms with Crippen molar-refractivity contribution in [3.63, 3.8) is 0 Å². The molecule has 1 amide bonds. The highest BCUT2D eigenvalue weighted by Gasteiger charge is 2.30. The molecule has 21 heavy (non-hydrogen) atoms. The van der Waals surface area contributed by atoms with Crippen molar-refractivity contribution in [2.24, 2.45) is 0 Å². The first-order valence-corrected chi connectivity index (χ1v) is 7.07. The fourth-order valence-corrected chi connectivity index (χ4v) is 2.08. The van der Waals surface area contributed by atoms with E-state index in [1.165, 1.54) is 6.07 Å². The Labute approximate surface area is 125 Å². The van der Waals surface area contributed by atoms with E-state index >= 15 is 0 Å². The van der Waals surface area contributed by atoms with Crippen molar-refractivity contribution in [2.75, 3.05) is 13.2 Å². The number of aliphatic hydroxyl groups is 2. The fraction of sp³-hybridized carbons (Fsp3) is 0.562. The number of rotatable bonds is 5. The molecule has 5 heteroatoms. The molecule has 118 valence electrons. The van der Waals surface area contributed by atoms with Gasteiger partial charge in [0.1, 0.15) is 5.75 Å². The molecule has 4 N–H and O–H groups in total. The number of hydrogen-bond donors (Lipinski definition) is 4. The summed E-state index contributed by atoms with van der Waals surface area (Å²) >= 11 is 0. The Morgan fingerprint density at radius 1 is 1.19 bits per heavy atom. The van der Waals surface area contributed by atoms with Crippen LogP contribution in [0.4, 0.5) is 0 Å². The lowest BCUT2D eigenvalue weighted by Gasteiger charge is -2.30. The molecule has 0 heterocycles. The number of carbonyl (C=O) groups is 1. The van der Waals surface area contributed by atoms with Gasteiger partial charge in [0.05, 0.1) is 24.3 Å². The van der Waals surface area contributed by atoms with Gasteiger partial charge in [-0.15, -0.1) is 0 Å². The van der Waals surface area contributed by atoms with E-state index in [-0.39, 0.29) is 29.9 Å². The van der Waals surface area contributed by atoms with Gasteiger partial charge in [0, 0.05) is 5.56 Å². The van der Waals surface area contributed by atoms with Gasteiger partial charge < -0.3 is 20.6 Å². The minimum atomic E-state index is -1.08. The molecule has 1 aromatic carbocycles. The van der Waals surface area contributed by atoms with Crippen LogP contribution in [0, 0.1) is 0 Å². The van der Waals surface area contributed by atoms with Crippen LogP contribution in [-0.2, 0) is 5.41 Å². The fourth-order valence-electron chi connectivity index (χ4n) is 2.08. The number of phenolic OH excluding ortho intramolecular Hbond substituents is 1. The van der Waals surface area contributed by atoms with E-state index in [4.69, 9.17) is 0 Å². The molecule has 0 saturated carbocycles. The molecule has 0 aliphatic carbocycles. The largest absolute Gasteiger partial charge is 0.507 e. The van der Waals surface area contributed by atoms with E-state index in [0.717, 1.165) is 0 Å². The second kappa shape index (κ2) is 6.45. The topological polar surface area (TPSA) is 89.8 Å². The summed E-state index contributed by atoms with van der Waals surface area (Å²) in [5, 5.41) is 31.7. The second-order valence-electron chi connectivity index (χ2n) is 6.36. The molecule has 0 atom stereocenters. The lowest BCUT2D eigenvalue weighted by Crippen LogP contribution is -2.53. The molecule has 0 radical (unpaired) electrons. The van der Waals surface area contributed by atoms with E-state index in [0.29, 0.717) is 12.0 Å². The number of aromatic hydroxyl groups is 1. The summed E-state index contributed by atoms with van der Waals surface area (Å²) in [6.45, 7) is 6.86. The van der Waals surface area contributed by atoms with Crippen LogP contribution in [0.1, 0.15) is 50.0 Å². The van der Waals surface area contributed by atoms with Gasteiger partial charge in [-0.05, 0) is 17.9 Å². The summed E-state index contributed by atoms with van der Waals surface area (Å²) < 4.78 is 0. The molecule has 0 aliphatic rings. The molecule has 5 nitrogen and oxygen atoms in total. The predicted molar refractivity (Wildman–Crippen MR) is 81.5 cm³/mol. The van der Waals surface area contributed by atoms with Crippen LogP contribution in [0.15, 0.2) is 18.2 Å². The minimum absolute atomic E-state index is 0.0663.